The molecule has 0 saturated carbocycles. The molecule has 186 valence electrons. The standard InChI is InChI=1S/C24H17ClF3N3O4S/c25-17-3-8-20(22(11-17)35-21-10-16(24(26,27)28)2-1-14(21)12-29)15-9-23(32)31(13-15)18-4-6-19(7-5-18)36(30,33)34/h1-8,10-11,15H,9,13H2,(H2,30,33,34)/t15-/m0/s1. The Kier molecular flexibility index (Phi) is 6.70. The van der Waals surface area contributed by atoms with Gasteiger partial charge in [0.05, 0.1) is 16.0 Å². The highest BCUT2D eigenvalue weighted by Gasteiger charge is 2.34. The van der Waals surface area contributed by atoms with E-state index in [1.54, 1.807) is 12.1 Å². The van der Waals surface area contributed by atoms with Crippen molar-refractivity contribution in [2.24, 2.45) is 5.14 Å². The summed E-state index contributed by atoms with van der Waals surface area (Å²) in [5.74, 6) is -0.849. The molecule has 36 heavy (non-hydrogen) atoms. The number of halogens is 4. The minimum Gasteiger partial charge on any atom is -0.456 e. The highest BCUT2D eigenvalue weighted by molar-refractivity contribution is 7.89. The summed E-state index contributed by atoms with van der Waals surface area (Å²) in [4.78, 5) is 14.1. The van der Waals surface area contributed by atoms with Crippen LogP contribution >= 0.6 is 11.6 Å². The van der Waals surface area contributed by atoms with Crippen LogP contribution in [0.15, 0.2) is 65.6 Å². The van der Waals surface area contributed by atoms with Crippen LogP contribution < -0.4 is 14.8 Å². The number of carbonyl (C=O) groups excluding carboxylic acids is 1. The fraction of sp³-hybridized carbons (Fsp3) is 0.167. The molecule has 1 aliphatic rings. The number of nitrogens with zero attached hydrogens (tertiary/aromatic N) is 2. The maximum atomic E-state index is 13.2. The number of ether oxygens (including phenoxy) is 1. The Morgan fingerprint density at radius 2 is 1.75 bits per heavy atom. The number of hydrogen-bond acceptors (Lipinski definition) is 5. The van der Waals surface area contributed by atoms with E-state index >= 15 is 0 Å². The molecule has 2 N–H and O–H groups in total. The Morgan fingerprint density at radius 3 is 2.36 bits per heavy atom. The van der Waals surface area contributed by atoms with Crippen LogP contribution in [0.3, 0.4) is 0 Å². The molecule has 12 heteroatoms. The fourth-order valence-corrected chi connectivity index (χ4v) is 4.59. The van der Waals surface area contributed by atoms with E-state index in [-0.39, 0.29) is 45.9 Å². The quantitative estimate of drug-likeness (QED) is 0.483. The molecule has 0 unspecified atom stereocenters. The van der Waals surface area contributed by atoms with Gasteiger partial charge in [0.1, 0.15) is 17.6 Å². The van der Waals surface area contributed by atoms with E-state index in [1.807, 2.05) is 6.07 Å². The first kappa shape index (κ1) is 25.5. The van der Waals surface area contributed by atoms with Gasteiger partial charge in [0, 0.05) is 35.2 Å². The molecule has 1 atom stereocenters. The lowest BCUT2D eigenvalue weighted by Gasteiger charge is -2.19. The number of rotatable bonds is 5. The number of amides is 1. The third-order valence-corrected chi connectivity index (χ3v) is 6.83. The van der Waals surface area contributed by atoms with Gasteiger partial charge in [-0.3, -0.25) is 4.79 Å². The van der Waals surface area contributed by atoms with Crippen molar-refractivity contribution < 1.29 is 31.1 Å². The summed E-state index contributed by atoms with van der Waals surface area (Å²) in [5, 5.41) is 14.7. The van der Waals surface area contributed by atoms with Crippen LogP contribution in [0.5, 0.6) is 11.5 Å². The zero-order chi connectivity index (χ0) is 26.3. The van der Waals surface area contributed by atoms with Crippen LogP contribution in [0.4, 0.5) is 18.9 Å². The van der Waals surface area contributed by atoms with E-state index in [0.717, 1.165) is 18.2 Å². The number of alkyl halides is 3. The van der Waals surface area contributed by atoms with E-state index in [0.29, 0.717) is 11.3 Å². The molecule has 0 spiro atoms. The summed E-state index contributed by atoms with van der Waals surface area (Å²) in [6, 6.07) is 14.4. The fourth-order valence-electron chi connectivity index (χ4n) is 3.91. The van der Waals surface area contributed by atoms with Crippen LogP contribution in [0.1, 0.15) is 29.0 Å². The number of primary sulfonamides is 1. The topological polar surface area (TPSA) is 113 Å². The molecule has 1 heterocycles. The number of benzene rings is 3. The van der Waals surface area contributed by atoms with Crippen LogP contribution in [0.2, 0.25) is 5.02 Å². The molecule has 3 aromatic carbocycles. The van der Waals surface area contributed by atoms with Crippen molar-refractivity contribution in [2.75, 3.05) is 11.4 Å². The van der Waals surface area contributed by atoms with Crippen molar-refractivity contribution in [3.8, 4) is 17.6 Å². The molecule has 1 fully saturated rings. The molecule has 1 amide bonds. The smallest absolute Gasteiger partial charge is 0.416 e. The lowest BCUT2D eigenvalue weighted by Crippen LogP contribution is -2.24. The van der Waals surface area contributed by atoms with Crippen LogP contribution in [-0.2, 0) is 21.0 Å². The van der Waals surface area contributed by atoms with Crippen molar-refractivity contribution in [1.29, 1.82) is 5.26 Å². The summed E-state index contributed by atoms with van der Waals surface area (Å²) < 4.78 is 68.4. The average Bonchev–Trinajstić information content (AvgIpc) is 3.19. The minimum atomic E-state index is -4.64. The zero-order valence-corrected chi connectivity index (χ0v) is 19.9. The third-order valence-electron chi connectivity index (χ3n) is 5.67. The minimum absolute atomic E-state index is 0.0582. The Bertz CT molecular complexity index is 1490. The van der Waals surface area contributed by atoms with Crippen molar-refractivity contribution in [3.05, 3.63) is 82.4 Å². The first-order chi connectivity index (χ1) is 16.9. The van der Waals surface area contributed by atoms with Crippen LogP contribution in [0, 0.1) is 11.3 Å². The third kappa shape index (κ3) is 5.31. The maximum Gasteiger partial charge on any atom is 0.416 e. The first-order valence-electron chi connectivity index (χ1n) is 10.4. The number of sulfonamides is 1. The summed E-state index contributed by atoms with van der Waals surface area (Å²) >= 11 is 6.11. The van der Waals surface area contributed by atoms with Gasteiger partial charge in [0.2, 0.25) is 15.9 Å². The second-order valence-electron chi connectivity index (χ2n) is 8.05. The van der Waals surface area contributed by atoms with Crippen molar-refractivity contribution in [2.45, 2.75) is 23.4 Å². The molecule has 0 aliphatic carbocycles. The Labute approximate surface area is 209 Å². The van der Waals surface area contributed by atoms with Crippen molar-refractivity contribution in [1.82, 2.24) is 0 Å². The molecule has 0 radical (unpaired) electrons. The monoisotopic (exact) mass is 535 g/mol. The van der Waals surface area contributed by atoms with Gasteiger partial charge in [-0.1, -0.05) is 17.7 Å². The van der Waals surface area contributed by atoms with Crippen molar-refractivity contribution >= 4 is 33.2 Å². The molecule has 3 aromatic rings. The summed E-state index contributed by atoms with van der Waals surface area (Å²) in [6.45, 7) is 0.194. The van der Waals surface area contributed by atoms with Gasteiger partial charge in [-0.2, -0.15) is 18.4 Å². The second-order valence-corrected chi connectivity index (χ2v) is 10.0. The molecule has 1 saturated heterocycles. The maximum absolute atomic E-state index is 13.2. The largest absolute Gasteiger partial charge is 0.456 e. The van der Waals surface area contributed by atoms with Gasteiger partial charge in [-0.15, -0.1) is 0 Å². The van der Waals surface area contributed by atoms with Gasteiger partial charge in [-0.05, 0) is 54.6 Å². The lowest BCUT2D eigenvalue weighted by molar-refractivity contribution is -0.137. The number of anilines is 1. The highest BCUT2D eigenvalue weighted by atomic mass is 35.5. The predicted octanol–water partition coefficient (Wildman–Crippen LogP) is 5.19. The highest BCUT2D eigenvalue weighted by Crippen LogP contribution is 2.41. The van der Waals surface area contributed by atoms with E-state index in [2.05, 4.69) is 0 Å². The van der Waals surface area contributed by atoms with Crippen molar-refractivity contribution in [3.63, 3.8) is 0 Å². The van der Waals surface area contributed by atoms with Gasteiger partial charge in [-0.25, -0.2) is 13.6 Å². The summed E-state index contributed by atoms with van der Waals surface area (Å²) in [5.41, 5.74) is -0.119. The Hall–Kier alpha value is -3.59. The van der Waals surface area contributed by atoms with E-state index < -0.39 is 27.7 Å². The number of carbonyl (C=O) groups is 1. The second kappa shape index (κ2) is 9.46. The first-order valence-corrected chi connectivity index (χ1v) is 12.3. The van der Waals surface area contributed by atoms with Crippen LogP contribution in [-0.4, -0.2) is 20.9 Å². The van der Waals surface area contributed by atoms with E-state index in [1.165, 1.54) is 35.2 Å². The molecule has 7 nitrogen and oxygen atoms in total. The van der Waals surface area contributed by atoms with E-state index in [4.69, 9.17) is 21.5 Å². The predicted molar refractivity (Wildman–Crippen MR) is 125 cm³/mol. The molecular weight excluding hydrogens is 519 g/mol. The van der Waals surface area contributed by atoms with Gasteiger partial charge in [0.25, 0.3) is 0 Å². The number of nitriles is 1. The summed E-state index contributed by atoms with van der Waals surface area (Å²) in [6.07, 6.45) is -4.58. The summed E-state index contributed by atoms with van der Waals surface area (Å²) in [7, 11) is -3.89. The van der Waals surface area contributed by atoms with Gasteiger partial charge >= 0.3 is 6.18 Å². The van der Waals surface area contributed by atoms with Gasteiger partial charge in [0.15, 0.2) is 0 Å². The zero-order valence-electron chi connectivity index (χ0n) is 18.3. The Balaban J connectivity index is 1.66. The normalized spacial score (nSPS) is 16.2. The molecular formula is C24H17ClF3N3O4S. The SMILES string of the molecule is N#Cc1ccc(C(F)(F)F)cc1Oc1cc(Cl)ccc1[C@H]1CC(=O)N(c2ccc(S(N)(=O)=O)cc2)C1. The molecule has 1 aliphatic heterocycles. The van der Waals surface area contributed by atoms with Crippen LogP contribution in [0.25, 0.3) is 0 Å². The molecule has 0 bridgehead atoms. The number of nitrogens with two attached hydrogens (primary N) is 1. The van der Waals surface area contributed by atoms with E-state index in [9.17, 15) is 31.6 Å². The number of hydrogen-bond donors (Lipinski definition) is 1. The van der Waals surface area contributed by atoms with Gasteiger partial charge < -0.3 is 9.64 Å². The lowest BCUT2D eigenvalue weighted by atomic mass is 9.97. The Morgan fingerprint density at radius 1 is 1.06 bits per heavy atom. The molecule has 4 rings (SSSR count). The average molecular weight is 536 g/mol. The molecule has 0 aromatic heterocycles.